The van der Waals surface area contributed by atoms with Gasteiger partial charge in [0.2, 0.25) is 0 Å². The van der Waals surface area contributed by atoms with Crippen LogP contribution in [0.15, 0.2) is 36.5 Å². The van der Waals surface area contributed by atoms with E-state index in [1.165, 1.54) is 6.07 Å². The maximum absolute atomic E-state index is 14.1. The highest BCUT2D eigenvalue weighted by Crippen LogP contribution is 2.40. The lowest BCUT2D eigenvalue weighted by Gasteiger charge is -2.33. The monoisotopic (exact) mass is 505 g/mol. The number of halogens is 3. The Hall–Kier alpha value is -3.23. The van der Waals surface area contributed by atoms with E-state index in [4.69, 9.17) is 9.47 Å². The second kappa shape index (κ2) is 10.0. The molecule has 0 fully saturated rings. The highest BCUT2D eigenvalue weighted by Gasteiger charge is 2.37. The van der Waals surface area contributed by atoms with Gasteiger partial charge in [0.05, 0.1) is 11.1 Å². The summed E-state index contributed by atoms with van der Waals surface area (Å²) in [4.78, 5) is 19.8. The molecule has 0 aliphatic heterocycles. The first-order chi connectivity index (χ1) is 16.6. The summed E-state index contributed by atoms with van der Waals surface area (Å²) < 4.78 is 53.4. The van der Waals surface area contributed by atoms with Crippen molar-refractivity contribution < 1.29 is 27.4 Å². The minimum atomic E-state index is -4.64. The number of ether oxygens (including phenoxy) is 2. The zero-order valence-electron chi connectivity index (χ0n) is 21.8. The third-order valence-corrected chi connectivity index (χ3v) is 5.47. The highest BCUT2D eigenvalue weighted by molar-refractivity contribution is 5.93. The van der Waals surface area contributed by atoms with Gasteiger partial charge >= 0.3 is 12.3 Å². The number of benzene rings is 1. The third-order valence-electron chi connectivity index (χ3n) is 5.47. The molecule has 3 rings (SSSR count). The molecule has 0 radical (unpaired) electrons. The summed E-state index contributed by atoms with van der Waals surface area (Å²) in [6.07, 6.45) is -3.25. The topological polar surface area (TPSA) is 76.2 Å². The molecule has 9 heteroatoms. The van der Waals surface area contributed by atoms with Crippen LogP contribution >= 0.6 is 0 Å². The van der Waals surface area contributed by atoms with Crippen molar-refractivity contribution in [2.45, 2.75) is 72.2 Å². The van der Waals surface area contributed by atoms with E-state index in [0.717, 1.165) is 17.1 Å². The van der Waals surface area contributed by atoms with Crippen molar-refractivity contribution in [3.63, 3.8) is 0 Å². The standard InChI is InChI=1S/C27H34F3N3O3/c1-16(2)14-26(7,33-24(34)36-25(4,5)6)15-35-22-9-8-18(13-21(22)27(28,29)30)19-10-11-31-23-20(19)12-17(3)32-23/h8-13,16H,14-15H2,1-7H3,(H,31,32)(H,33,34). The molecule has 2 heterocycles. The molecule has 3 aromatic rings. The third kappa shape index (κ3) is 6.92. The van der Waals surface area contributed by atoms with Gasteiger partial charge in [-0.25, -0.2) is 9.78 Å². The fourth-order valence-corrected chi connectivity index (χ4v) is 4.29. The van der Waals surface area contributed by atoms with E-state index in [1.54, 1.807) is 46.0 Å². The van der Waals surface area contributed by atoms with Crippen LogP contribution < -0.4 is 10.1 Å². The van der Waals surface area contributed by atoms with Crippen LogP contribution in [0.25, 0.3) is 22.2 Å². The number of H-pyrrole nitrogens is 1. The maximum atomic E-state index is 14.1. The molecule has 0 bridgehead atoms. The van der Waals surface area contributed by atoms with Crippen LogP contribution in [0.4, 0.5) is 18.0 Å². The molecule has 196 valence electrons. The number of hydrogen-bond donors (Lipinski definition) is 2. The summed E-state index contributed by atoms with van der Waals surface area (Å²) in [5, 5.41) is 3.53. The van der Waals surface area contributed by atoms with Gasteiger partial charge in [0, 0.05) is 17.3 Å². The minimum Gasteiger partial charge on any atom is -0.491 e. The molecule has 6 nitrogen and oxygen atoms in total. The van der Waals surface area contributed by atoms with Gasteiger partial charge in [-0.1, -0.05) is 19.9 Å². The number of aromatic amines is 1. The van der Waals surface area contributed by atoms with Crippen molar-refractivity contribution in [2.75, 3.05) is 6.61 Å². The zero-order valence-corrected chi connectivity index (χ0v) is 21.8. The largest absolute Gasteiger partial charge is 0.491 e. The summed E-state index contributed by atoms with van der Waals surface area (Å²) in [6.45, 7) is 12.6. The minimum absolute atomic E-state index is 0.150. The van der Waals surface area contributed by atoms with Crippen molar-refractivity contribution in [3.05, 3.63) is 47.8 Å². The number of nitrogens with zero attached hydrogens (tertiary/aromatic N) is 1. The van der Waals surface area contributed by atoms with E-state index in [0.29, 0.717) is 23.2 Å². The summed E-state index contributed by atoms with van der Waals surface area (Å²) in [5.74, 6) is -0.153. The Bertz CT molecular complexity index is 1230. The van der Waals surface area contributed by atoms with Crippen LogP contribution in [0.1, 0.15) is 59.2 Å². The quantitative estimate of drug-likeness (QED) is 0.354. The molecule has 0 saturated carbocycles. The Morgan fingerprint density at radius 3 is 2.42 bits per heavy atom. The van der Waals surface area contributed by atoms with Gasteiger partial charge in [-0.15, -0.1) is 0 Å². The average Bonchev–Trinajstić information content (AvgIpc) is 3.09. The Balaban J connectivity index is 1.92. The van der Waals surface area contributed by atoms with Gasteiger partial charge in [-0.2, -0.15) is 13.2 Å². The van der Waals surface area contributed by atoms with Crippen LogP contribution in [-0.2, 0) is 10.9 Å². The van der Waals surface area contributed by atoms with Crippen molar-refractivity contribution >= 4 is 17.1 Å². The molecular formula is C27H34F3N3O3. The Morgan fingerprint density at radius 2 is 1.81 bits per heavy atom. The van der Waals surface area contributed by atoms with E-state index in [2.05, 4.69) is 15.3 Å². The number of carbonyl (C=O) groups is 1. The lowest BCUT2D eigenvalue weighted by molar-refractivity contribution is -0.139. The van der Waals surface area contributed by atoms with Gasteiger partial charge in [-0.05, 0) is 82.3 Å². The molecule has 36 heavy (non-hydrogen) atoms. The first kappa shape index (κ1) is 27.4. The lowest BCUT2D eigenvalue weighted by atomic mass is 9.91. The van der Waals surface area contributed by atoms with Gasteiger partial charge in [0.1, 0.15) is 23.6 Å². The number of fused-ring (bicyclic) bond motifs is 1. The number of pyridine rings is 1. The number of carbonyl (C=O) groups excluding carboxylic acids is 1. The van der Waals surface area contributed by atoms with Gasteiger partial charge in [0.25, 0.3) is 0 Å². The molecule has 1 atom stereocenters. The van der Waals surface area contributed by atoms with Gasteiger partial charge in [-0.3, -0.25) is 0 Å². The van der Waals surface area contributed by atoms with E-state index < -0.39 is 29.0 Å². The molecule has 1 unspecified atom stereocenters. The van der Waals surface area contributed by atoms with E-state index in [9.17, 15) is 18.0 Å². The SMILES string of the molecule is Cc1cc2c(-c3ccc(OCC(C)(CC(C)C)NC(=O)OC(C)(C)C)c(C(F)(F)F)c3)ccnc2[nH]1. The van der Waals surface area contributed by atoms with Crippen molar-refractivity contribution in [1.29, 1.82) is 0 Å². The van der Waals surface area contributed by atoms with E-state index in [-0.39, 0.29) is 18.3 Å². The molecule has 1 aromatic carbocycles. The first-order valence-electron chi connectivity index (χ1n) is 11.9. The summed E-state index contributed by atoms with van der Waals surface area (Å²) >= 11 is 0. The molecule has 0 aliphatic carbocycles. The zero-order chi connectivity index (χ0) is 26.9. The van der Waals surface area contributed by atoms with Crippen LogP contribution in [0, 0.1) is 12.8 Å². The second-order valence-corrected chi connectivity index (χ2v) is 10.9. The van der Waals surface area contributed by atoms with Crippen molar-refractivity contribution in [3.8, 4) is 16.9 Å². The number of aromatic nitrogens is 2. The Kier molecular flexibility index (Phi) is 7.62. The summed E-state index contributed by atoms with van der Waals surface area (Å²) in [5.41, 5.74) is -0.0338. The molecule has 1 amide bonds. The number of alkyl carbamates (subject to hydrolysis) is 1. The Labute approximate surface area is 209 Å². The predicted molar refractivity (Wildman–Crippen MR) is 134 cm³/mol. The fourth-order valence-electron chi connectivity index (χ4n) is 4.29. The molecule has 0 saturated heterocycles. The van der Waals surface area contributed by atoms with Crippen LogP contribution in [-0.4, -0.2) is 33.8 Å². The van der Waals surface area contributed by atoms with Crippen molar-refractivity contribution in [2.24, 2.45) is 5.92 Å². The number of alkyl halides is 3. The molecule has 0 aliphatic rings. The number of rotatable bonds is 7. The second-order valence-electron chi connectivity index (χ2n) is 10.9. The lowest BCUT2D eigenvalue weighted by Crippen LogP contribution is -2.52. The maximum Gasteiger partial charge on any atom is 0.419 e. The smallest absolute Gasteiger partial charge is 0.419 e. The van der Waals surface area contributed by atoms with Gasteiger partial charge in [0.15, 0.2) is 0 Å². The average molecular weight is 506 g/mol. The van der Waals surface area contributed by atoms with Crippen LogP contribution in [0.3, 0.4) is 0 Å². The molecule has 2 aromatic heterocycles. The number of nitrogens with one attached hydrogen (secondary N) is 2. The predicted octanol–water partition coefficient (Wildman–Crippen LogP) is 7.27. The van der Waals surface area contributed by atoms with Crippen LogP contribution in [0.5, 0.6) is 5.75 Å². The summed E-state index contributed by atoms with van der Waals surface area (Å²) in [7, 11) is 0. The Morgan fingerprint density at radius 1 is 1.11 bits per heavy atom. The summed E-state index contributed by atoms with van der Waals surface area (Å²) in [6, 6.07) is 7.56. The fraction of sp³-hybridized carbons (Fsp3) is 0.481. The normalized spacial score (nSPS) is 14.1. The van der Waals surface area contributed by atoms with Gasteiger partial charge < -0.3 is 19.8 Å². The number of hydrogen-bond acceptors (Lipinski definition) is 4. The molecule has 0 spiro atoms. The molecule has 2 N–H and O–H groups in total. The van der Waals surface area contributed by atoms with E-state index >= 15 is 0 Å². The van der Waals surface area contributed by atoms with Crippen LogP contribution in [0.2, 0.25) is 0 Å². The highest BCUT2D eigenvalue weighted by atomic mass is 19.4. The van der Waals surface area contributed by atoms with E-state index in [1.807, 2.05) is 26.8 Å². The number of amides is 1. The molecular weight excluding hydrogens is 471 g/mol. The first-order valence-corrected chi connectivity index (χ1v) is 11.9. The number of aryl methyl sites for hydroxylation is 1. The van der Waals surface area contributed by atoms with Crippen molar-refractivity contribution in [1.82, 2.24) is 15.3 Å².